The third kappa shape index (κ3) is 3.64. The molecular formula is C15H22N4O2S. The Morgan fingerprint density at radius 1 is 1.23 bits per heavy atom. The average Bonchev–Trinajstić information content (AvgIpc) is 3.16. The highest BCUT2D eigenvalue weighted by atomic mass is 32.2. The third-order valence-electron chi connectivity index (χ3n) is 4.19. The van der Waals surface area contributed by atoms with E-state index in [1.807, 2.05) is 28.3 Å². The molecule has 2 aliphatic rings. The molecule has 0 aromatic carbocycles. The van der Waals surface area contributed by atoms with Crippen LogP contribution in [0, 0.1) is 0 Å². The third-order valence-corrected chi connectivity index (χ3v) is 5.13. The fourth-order valence-electron chi connectivity index (χ4n) is 2.92. The first-order valence-electron chi connectivity index (χ1n) is 7.73. The maximum Gasteiger partial charge on any atom is 0.240 e. The van der Waals surface area contributed by atoms with Gasteiger partial charge in [-0.2, -0.15) is 0 Å². The Balaban J connectivity index is 1.53. The number of nitrogens with one attached hydrogen (secondary N) is 2. The zero-order chi connectivity index (χ0) is 15.4. The highest BCUT2D eigenvalue weighted by Gasteiger charge is 2.29. The van der Waals surface area contributed by atoms with E-state index in [-0.39, 0.29) is 17.9 Å². The van der Waals surface area contributed by atoms with Crippen molar-refractivity contribution in [3.05, 3.63) is 24.0 Å². The van der Waals surface area contributed by atoms with Crippen LogP contribution < -0.4 is 5.32 Å². The largest absolute Gasteiger partial charge is 0.367 e. The lowest BCUT2D eigenvalue weighted by Gasteiger charge is -2.24. The van der Waals surface area contributed by atoms with Gasteiger partial charge in [-0.05, 0) is 18.1 Å². The summed E-state index contributed by atoms with van der Waals surface area (Å²) in [5.41, 5.74) is 1.01. The number of hydrogen-bond acceptors (Lipinski definition) is 4. The van der Waals surface area contributed by atoms with Gasteiger partial charge in [0.2, 0.25) is 11.8 Å². The lowest BCUT2D eigenvalue weighted by atomic mass is 10.2. The second-order valence-electron chi connectivity index (χ2n) is 5.73. The van der Waals surface area contributed by atoms with E-state index in [1.54, 1.807) is 11.8 Å². The van der Waals surface area contributed by atoms with Crippen molar-refractivity contribution in [1.82, 2.24) is 20.1 Å². The fraction of sp³-hybridized carbons (Fsp3) is 0.600. The monoisotopic (exact) mass is 322 g/mol. The molecule has 0 spiro atoms. The highest BCUT2D eigenvalue weighted by Crippen LogP contribution is 2.14. The van der Waals surface area contributed by atoms with Gasteiger partial charge in [0.1, 0.15) is 0 Å². The number of thioether (sulfide) groups is 1. The second kappa shape index (κ2) is 7.19. The Labute approximate surface area is 134 Å². The molecule has 0 radical (unpaired) electrons. The van der Waals surface area contributed by atoms with Gasteiger partial charge in [0, 0.05) is 50.2 Å². The molecule has 0 aliphatic carbocycles. The summed E-state index contributed by atoms with van der Waals surface area (Å²) >= 11 is 1.76. The second-order valence-corrected chi connectivity index (χ2v) is 6.76. The number of rotatable bonds is 3. The van der Waals surface area contributed by atoms with Crippen molar-refractivity contribution < 1.29 is 9.59 Å². The van der Waals surface area contributed by atoms with Gasteiger partial charge >= 0.3 is 0 Å². The van der Waals surface area contributed by atoms with Gasteiger partial charge in [-0.3, -0.25) is 14.9 Å². The summed E-state index contributed by atoms with van der Waals surface area (Å²) < 4.78 is 0. The molecule has 1 aromatic heterocycles. The molecule has 3 heterocycles. The maximum absolute atomic E-state index is 12.4. The first-order valence-corrected chi connectivity index (χ1v) is 8.89. The summed E-state index contributed by atoms with van der Waals surface area (Å²) in [6, 6.07) is 1.88. The number of H-pyrrole nitrogens is 1. The van der Waals surface area contributed by atoms with E-state index in [2.05, 4.69) is 10.3 Å². The number of aromatic amines is 1. The highest BCUT2D eigenvalue weighted by molar-refractivity contribution is 7.99. The van der Waals surface area contributed by atoms with Gasteiger partial charge in [0.25, 0.3) is 0 Å². The van der Waals surface area contributed by atoms with Crippen molar-refractivity contribution in [3.63, 3.8) is 0 Å². The average molecular weight is 322 g/mol. The first kappa shape index (κ1) is 15.4. The molecule has 0 bridgehead atoms. The Bertz CT molecular complexity index is 514. The molecule has 3 rings (SSSR count). The van der Waals surface area contributed by atoms with Crippen molar-refractivity contribution in [3.8, 4) is 0 Å². The Morgan fingerprint density at radius 2 is 2.05 bits per heavy atom. The molecule has 2 aliphatic heterocycles. The Hall–Kier alpha value is -1.47. The standard InChI is InChI=1S/C15H22N4O2S/c20-14(8-12-2-3-16-9-12)18-4-1-5-19(7-6-18)15(21)13-10-22-11-17-13/h2-3,9,13,16-17H,1,4-8,10-11H2. The van der Waals surface area contributed by atoms with Crippen molar-refractivity contribution in [1.29, 1.82) is 0 Å². The number of carbonyl (C=O) groups excluding carboxylic acids is 2. The number of nitrogens with zero attached hydrogens (tertiary/aromatic N) is 2. The molecule has 1 unspecified atom stereocenters. The normalized spacial score (nSPS) is 22.6. The molecule has 7 heteroatoms. The molecule has 2 saturated heterocycles. The lowest BCUT2D eigenvalue weighted by molar-refractivity contribution is -0.134. The van der Waals surface area contributed by atoms with Crippen molar-refractivity contribution in [2.75, 3.05) is 37.8 Å². The minimum absolute atomic E-state index is 0.0490. The molecule has 2 fully saturated rings. The molecule has 120 valence electrons. The van der Waals surface area contributed by atoms with E-state index >= 15 is 0 Å². The van der Waals surface area contributed by atoms with Gasteiger partial charge in [0.05, 0.1) is 12.5 Å². The molecule has 6 nitrogen and oxygen atoms in total. The summed E-state index contributed by atoms with van der Waals surface area (Å²) in [6.07, 6.45) is 4.97. The molecule has 22 heavy (non-hydrogen) atoms. The van der Waals surface area contributed by atoms with Crippen LogP contribution in [-0.4, -0.2) is 70.4 Å². The van der Waals surface area contributed by atoms with Crippen LogP contribution in [-0.2, 0) is 16.0 Å². The van der Waals surface area contributed by atoms with Gasteiger partial charge in [-0.25, -0.2) is 0 Å². The number of aromatic nitrogens is 1. The van der Waals surface area contributed by atoms with E-state index in [1.165, 1.54) is 0 Å². The molecule has 2 amide bonds. The smallest absolute Gasteiger partial charge is 0.240 e. The molecule has 1 atom stereocenters. The molecule has 2 N–H and O–H groups in total. The van der Waals surface area contributed by atoms with Crippen LogP contribution in [0.15, 0.2) is 18.5 Å². The molecular weight excluding hydrogens is 300 g/mol. The van der Waals surface area contributed by atoms with E-state index in [0.29, 0.717) is 19.5 Å². The first-order chi connectivity index (χ1) is 10.7. The molecule has 1 aromatic rings. The predicted octanol–water partition coefficient (Wildman–Crippen LogP) is 0.281. The Morgan fingerprint density at radius 3 is 2.77 bits per heavy atom. The van der Waals surface area contributed by atoms with Crippen molar-refractivity contribution in [2.45, 2.75) is 18.9 Å². The minimum atomic E-state index is -0.0490. The zero-order valence-corrected chi connectivity index (χ0v) is 13.4. The van der Waals surface area contributed by atoms with Crippen LogP contribution in [0.25, 0.3) is 0 Å². The van der Waals surface area contributed by atoms with Gasteiger partial charge in [-0.1, -0.05) is 0 Å². The number of amides is 2. The summed E-state index contributed by atoms with van der Waals surface area (Å²) in [4.78, 5) is 31.5. The van der Waals surface area contributed by atoms with Crippen LogP contribution in [0.4, 0.5) is 0 Å². The van der Waals surface area contributed by atoms with E-state index in [9.17, 15) is 9.59 Å². The van der Waals surface area contributed by atoms with Crippen molar-refractivity contribution >= 4 is 23.6 Å². The molecule has 0 saturated carbocycles. The van der Waals surface area contributed by atoms with Crippen LogP contribution >= 0.6 is 11.8 Å². The van der Waals surface area contributed by atoms with Gasteiger partial charge in [0.15, 0.2) is 0 Å². The predicted molar refractivity (Wildman–Crippen MR) is 86.5 cm³/mol. The summed E-state index contributed by atoms with van der Waals surface area (Å²) in [5, 5.41) is 3.23. The zero-order valence-electron chi connectivity index (χ0n) is 12.6. The SMILES string of the molecule is O=C(Cc1cc[nH]c1)N1CCCN(C(=O)C2CSCN2)CC1. The van der Waals surface area contributed by atoms with Gasteiger partial charge in [-0.15, -0.1) is 11.8 Å². The van der Waals surface area contributed by atoms with Crippen LogP contribution in [0.5, 0.6) is 0 Å². The number of carbonyl (C=O) groups is 2. The number of hydrogen-bond donors (Lipinski definition) is 2. The van der Waals surface area contributed by atoms with Crippen LogP contribution in [0.1, 0.15) is 12.0 Å². The topological polar surface area (TPSA) is 68.4 Å². The van der Waals surface area contributed by atoms with Crippen molar-refractivity contribution in [2.24, 2.45) is 0 Å². The van der Waals surface area contributed by atoms with Crippen LogP contribution in [0.2, 0.25) is 0 Å². The summed E-state index contributed by atoms with van der Waals surface area (Å²) in [5.74, 6) is 2.03. The van der Waals surface area contributed by atoms with E-state index in [0.717, 1.165) is 36.7 Å². The van der Waals surface area contributed by atoms with Crippen LogP contribution in [0.3, 0.4) is 0 Å². The minimum Gasteiger partial charge on any atom is -0.367 e. The van der Waals surface area contributed by atoms with Gasteiger partial charge < -0.3 is 14.8 Å². The van der Waals surface area contributed by atoms with E-state index < -0.39 is 0 Å². The quantitative estimate of drug-likeness (QED) is 0.839. The maximum atomic E-state index is 12.4. The summed E-state index contributed by atoms with van der Waals surface area (Å²) in [6.45, 7) is 2.75. The Kier molecular flexibility index (Phi) is 5.04. The lowest BCUT2D eigenvalue weighted by Crippen LogP contribution is -2.46. The summed E-state index contributed by atoms with van der Waals surface area (Å²) in [7, 11) is 0. The van der Waals surface area contributed by atoms with E-state index in [4.69, 9.17) is 0 Å². The fourth-order valence-corrected chi connectivity index (χ4v) is 3.85.